The summed E-state index contributed by atoms with van der Waals surface area (Å²) in [6, 6.07) is 26.8. The third-order valence-electron chi connectivity index (χ3n) is 4.08. The molecule has 7 nitrogen and oxygen atoms in total. The Morgan fingerprint density at radius 3 is 1.65 bits per heavy atom. The lowest BCUT2D eigenvalue weighted by Gasteiger charge is -2.21. The van der Waals surface area contributed by atoms with E-state index in [0.717, 1.165) is 14.7 Å². The van der Waals surface area contributed by atoms with Crippen molar-refractivity contribution in [1.29, 1.82) is 0 Å². The molecule has 13 heteroatoms. The minimum Gasteiger partial charge on any atom is -0.491 e. The van der Waals surface area contributed by atoms with Crippen LogP contribution in [-0.2, 0) is 35.4 Å². The minimum atomic E-state index is -6.23. The molecule has 0 spiro atoms. The fourth-order valence-corrected chi connectivity index (χ4v) is 6.51. The van der Waals surface area contributed by atoms with Gasteiger partial charge in [0.2, 0.25) is 10.3 Å². The van der Waals surface area contributed by atoms with Crippen LogP contribution in [0.2, 0.25) is 0 Å². The molecule has 3 aromatic rings. The zero-order valence-corrected chi connectivity index (χ0v) is 19.7. The average molecular weight is 534 g/mol. The monoisotopic (exact) mass is 533 g/mol. The van der Waals surface area contributed by atoms with Crippen LogP contribution in [0.4, 0.5) is 13.2 Å². The highest BCUT2D eigenvalue weighted by atomic mass is 32.3. The van der Waals surface area contributed by atoms with E-state index < -0.39 is 32.4 Å². The second-order valence-electron chi connectivity index (χ2n) is 6.50. The van der Waals surface area contributed by atoms with Gasteiger partial charge in [-0.1, -0.05) is 36.4 Å². The van der Waals surface area contributed by atoms with Crippen LogP contribution in [0.5, 0.6) is 5.75 Å². The van der Waals surface area contributed by atoms with Crippen molar-refractivity contribution in [3.63, 3.8) is 0 Å². The van der Waals surface area contributed by atoms with Gasteiger partial charge in [-0.25, -0.2) is 16.8 Å². The number of ether oxygens (including phenoxy) is 1. The van der Waals surface area contributed by atoms with Crippen molar-refractivity contribution in [2.75, 3.05) is 13.2 Å². The van der Waals surface area contributed by atoms with E-state index in [1.165, 1.54) is 0 Å². The summed E-state index contributed by atoms with van der Waals surface area (Å²) in [5, 5.41) is 0. The standard InChI is InChI=1S/C21H18F3NO6S3/c22-21(23,24)33(26,27)25-34(28,29)31-16-15-30-17-11-13-20(14-12-17)32(18-7-3-1-4-8-18)19-9-5-2-6-10-19/h1-14H,15-16H2. The molecule has 0 saturated carbocycles. The molecule has 0 amide bonds. The lowest BCUT2D eigenvalue weighted by molar-refractivity contribution is -0.0425. The average Bonchev–Trinajstić information content (AvgIpc) is 2.78. The van der Waals surface area contributed by atoms with Crippen molar-refractivity contribution < 1.29 is 38.9 Å². The smallest absolute Gasteiger partial charge is 0.480 e. The van der Waals surface area contributed by atoms with E-state index in [-0.39, 0.29) is 17.5 Å². The molecule has 182 valence electrons. The molecule has 0 fully saturated rings. The van der Waals surface area contributed by atoms with Gasteiger partial charge in [-0.3, -0.25) is 4.18 Å². The van der Waals surface area contributed by atoms with Crippen LogP contribution in [0.3, 0.4) is 0 Å². The van der Waals surface area contributed by atoms with Gasteiger partial charge < -0.3 is 8.86 Å². The van der Waals surface area contributed by atoms with Crippen LogP contribution < -0.4 is 4.74 Å². The predicted octanol–water partition coefficient (Wildman–Crippen LogP) is 4.65. The highest BCUT2D eigenvalue weighted by Gasteiger charge is 2.40. The lowest BCUT2D eigenvalue weighted by atomic mass is 10.3. The lowest BCUT2D eigenvalue weighted by Crippen LogP contribution is -2.25. The first-order chi connectivity index (χ1) is 16.0. The first-order valence-electron chi connectivity index (χ1n) is 9.51. The summed E-state index contributed by atoms with van der Waals surface area (Å²) in [6.45, 7) is -1.11. The van der Waals surface area contributed by atoms with Crippen molar-refractivity contribution >= 4 is 31.2 Å². The van der Waals surface area contributed by atoms with Gasteiger partial charge in [-0.2, -0.15) is 13.2 Å². The summed E-state index contributed by atoms with van der Waals surface area (Å²) in [6.07, 6.45) is 0. The van der Waals surface area contributed by atoms with Crippen molar-refractivity contribution in [3.05, 3.63) is 89.1 Å². The fraction of sp³-hybridized carbons (Fsp3) is 0.143. The van der Waals surface area contributed by atoms with Crippen LogP contribution in [0.15, 0.2) is 99.6 Å². The van der Waals surface area contributed by atoms with E-state index in [0.29, 0.717) is 5.75 Å². The maximum Gasteiger partial charge on any atom is 0.480 e. The molecule has 0 bridgehead atoms. The van der Waals surface area contributed by atoms with Crippen molar-refractivity contribution in [2.45, 2.75) is 20.2 Å². The van der Waals surface area contributed by atoms with Gasteiger partial charge in [0.25, 0.3) is 0 Å². The maximum absolute atomic E-state index is 12.3. The first kappa shape index (κ1) is 26.0. The molecular formula is C21H18F3NO6S3. The van der Waals surface area contributed by atoms with Crippen LogP contribution in [0.1, 0.15) is 0 Å². The third kappa shape index (κ3) is 6.96. The predicted molar refractivity (Wildman–Crippen MR) is 120 cm³/mol. The number of alkyl halides is 3. The summed E-state index contributed by atoms with van der Waals surface area (Å²) < 4.78 is 92.5. The molecule has 3 aromatic carbocycles. The molecule has 0 aliphatic rings. The highest BCUT2D eigenvalue weighted by Crippen LogP contribution is 2.32. The van der Waals surface area contributed by atoms with Gasteiger partial charge in [0, 0.05) is 0 Å². The van der Waals surface area contributed by atoms with Crippen LogP contribution in [0, 0.1) is 0 Å². The maximum atomic E-state index is 12.3. The van der Waals surface area contributed by atoms with Crippen molar-refractivity contribution in [1.82, 2.24) is 0 Å². The molecule has 0 aliphatic heterocycles. The van der Waals surface area contributed by atoms with E-state index in [4.69, 9.17) is 4.74 Å². The summed E-state index contributed by atoms with van der Waals surface area (Å²) in [4.78, 5) is 3.22. The molecular weight excluding hydrogens is 515 g/mol. The van der Waals surface area contributed by atoms with E-state index in [9.17, 15) is 30.0 Å². The number of halogens is 3. The third-order valence-corrected chi connectivity index (χ3v) is 8.88. The van der Waals surface area contributed by atoms with Gasteiger partial charge in [-0.15, -0.1) is 0 Å². The SMILES string of the molecule is O=S(=O)([N-]S(=O)(=O)C(F)(F)F)OCCOc1ccc([S+](c2ccccc2)c2ccccc2)cc1. The van der Waals surface area contributed by atoms with Gasteiger partial charge in [0.1, 0.15) is 12.4 Å². The quantitative estimate of drug-likeness (QED) is 0.278. The van der Waals surface area contributed by atoms with E-state index in [1.54, 1.807) is 16.3 Å². The summed E-state index contributed by atoms with van der Waals surface area (Å²) >= 11 is 0. The first-order valence-corrected chi connectivity index (χ1v) is 13.5. The second-order valence-corrected chi connectivity index (χ2v) is 11.6. The molecule has 0 aromatic heterocycles. The number of benzene rings is 3. The molecule has 0 saturated heterocycles. The summed E-state index contributed by atoms with van der Waals surface area (Å²) in [7, 11) is -11.9. The Morgan fingerprint density at radius 1 is 0.706 bits per heavy atom. The van der Waals surface area contributed by atoms with Crippen molar-refractivity contribution in [3.8, 4) is 5.75 Å². The van der Waals surface area contributed by atoms with E-state index in [1.807, 2.05) is 72.8 Å². The molecule has 3 rings (SSSR count). The Labute approximate surface area is 198 Å². The molecule has 0 unspecified atom stereocenters. The fourth-order valence-electron chi connectivity index (χ4n) is 2.68. The van der Waals surface area contributed by atoms with Gasteiger partial charge in [0.15, 0.2) is 24.7 Å². The molecule has 0 atom stereocenters. The van der Waals surface area contributed by atoms with Crippen molar-refractivity contribution in [2.24, 2.45) is 0 Å². The minimum absolute atomic E-state index is 0.356. The zero-order chi connectivity index (χ0) is 24.8. The number of hydrogen-bond donors (Lipinski definition) is 0. The zero-order valence-electron chi connectivity index (χ0n) is 17.3. The molecule has 0 radical (unpaired) electrons. The summed E-state index contributed by atoms with van der Waals surface area (Å²) in [5.74, 6) is 0.356. The van der Waals surface area contributed by atoms with Crippen LogP contribution >= 0.6 is 0 Å². The number of nitrogens with zero attached hydrogens (tertiary/aromatic N) is 1. The van der Waals surface area contributed by atoms with E-state index in [2.05, 4.69) is 4.18 Å². The Hall–Kier alpha value is -2.58. The highest BCUT2D eigenvalue weighted by molar-refractivity contribution is 8.10. The normalized spacial score (nSPS) is 12.6. The largest absolute Gasteiger partial charge is 0.491 e. The van der Waals surface area contributed by atoms with Crippen LogP contribution in [0.25, 0.3) is 4.13 Å². The van der Waals surface area contributed by atoms with Gasteiger partial charge in [-0.05, 0) is 48.5 Å². The van der Waals surface area contributed by atoms with Gasteiger partial charge >= 0.3 is 5.51 Å². The Morgan fingerprint density at radius 2 is 1.18 bits per heavy atom. The van der Waals surface area contributed by atoms with E-state index >= 15 is 0 Å². The summed E-state index contributed by atoms with van der Waals surface area (Å²) in [5.41, 5.74) is -5.85. The van der Waals surface area contributed by atoms with Gasteiger partial charge in [0.05, 0.1) is 17.5 Å². The molecule has 0 N–H and O–H groups in total. The Balaban J connectivity index is 1.62. The Bertz CT molecular complexity index is 1250. The topological polar surface area (TPSA) is 101 Å². The number of rotatable bonds is 10. The number of sulfonamides is 1. The molecule has 0 heterocycles. The number of hydrogen-bond acceptors (Lipinski definition) is 6. The Kier molecular flexibility index (Phi) is 8.25. The molecule has 0 aliphatic carbocycles. The molecule has 34 heavy (non-hydrogen) atoms. The second kappa shape index (κ2) is 10.8. The van der Waals surface area contributed by atoms with Crippen LogP contribution in [-0.4, -0.2) is 35.6 Å².